The van der Waals surface area contributed by atoms with Crippen molar-refractivity contribution < 1.29 is 0 Å². The maximum atomic E-state index is 5.95. The second-order valence-electron chi connectivity index (χ2n) is 3.89. The zero-order valence-electron chi connectivity index (χ0n) is 8.40. The minimum atomic E-state index is 0.262. The molecule has 1 aromatic heterocycles. The number of nitrogens with one attached hydrogen (secondary N) is 1. The Morgan fingerprint density at radius 1 is 1.36 bits per heavy atom. The molecule has 1 heterocycles. The number of nitrogens with zero attached hydrogens (tertiary/aromatic N) is 2. The van der Waals surface area contributed by atoms with Gasteiger partial charge in [-0.15, -0.1) is 0 Å². The van der Waals surface area contributed by atoms with Gasteiger partial charge in [-0.2, -0.15) is 0 Å². The van der Waals surface area contributed by atoms with Crippen molar-refractivity contribution in [2.24, 2.45) is 5.73 Å². The van der Waals surface area contributed by atoms with E-state index in [1.807, 2.05) is 6.92 Å². The van der Waals surface area contributed by atoms with Crippen LogP contribution in [0.25, 0.3) is 0 Å². The van der Waals surface area contributed by atoms with Crippen molar-refractivity contribution in [1.82, 2.24) is 9.97 Å². The van der Waals surface area contributed by atoms with Gasteiger partial charge in [0.05, 0.1) is 18.1 Å². The molecule has 0 amide bonds. The molecule has 1 aromatic rings. The first-order valence-electron chi connectivity index (χ1n) is 5.06. The number of anilines is 1. The fraction of sp³-hybridized carbons (Fsp3) is 0.600. The molecule has 0 saturated heterocycles. The normalized spacial score (nSPS) is 26.4. The van der Waals surface area contributed by atoms with Crippen LogP contribution in [-0.4, -0.2) is 22.1 Å². The Morgan fingerprint density at radius 3 is 2.79 bits per heavy atom. The van der Waals surface area contributed by atoms with Crippen LogP contribution < -0.4 is 11.1 Å². The van der Waals surface area contributed by atoms with E-state index < -0.39 is 0 Å². The summed E-state index contributed by atoms with van der Waals surface area (Å²) in [6.45, 7) is 1.93. The van der Waals surface area contributed by atoms with Crippen molar-refractivity contribution in [3.63, 3.8) is 0 Å². The Labute approximate surface area is 83.9 Å². The highest BCUT2D eigenvalue weighted by Gasteiger charge is 2.23. The van der Waals surface area contributed by atoms with Gasteiger partial charge in [0, 0.05) is 12.1 Å². The van der Waals surface area contributed by atoms with E-state index in [1.165, 1.54) is 6.42 Å². The molecule has 4 nitrogen and oxygen atoms in total. The molecule has 0 radical (unpaired) electrons. The maximum absolute atomic E-state index is 5.95. The van der Waals surface area contributed by atoms with Gasteiger partial charge in [0.15, 0.2) is 0 Å². The summed E-state index contributed by atoms with van der Waals surface area (Å²) in [5.74, 6) is 0.831. The van der Waals surface area contributed by atoms with E-state index in [-0.39, 0.29) is 6.04 Å². The van der Waals surface area contributed by atoms with Crippen molar-refractivity contribution in [2.45, 2.75) is 38.3 Å². The number of aromatic nitrogens is 2. The number of nitrogens with two attached hydrogens (primary N) is 1. The van der Waals surface area contributed by atoms with E-state index in [4.69, 9.17) is 5.73 Å². The van der Waals surface area contributed by atoms with Gasteiger partial charge in [0.2, 0.25) is 0 Å². The highest BCUT2D eigenvalue weighted by atomic mass is 15.1. The minimum absolute atomic E-state index is 0.262. The minimum Gasteiger partial charge on any atom is -0.365 e. The molecule has 3 N–H and O–H groups in total. The second-order valence-corrected chi connectivity index (χ2v) is 3.89. The predicted octanol–water partition coefficient (Wildman–Crippen LogP) is 1.08. The zero-order chi connectivity index (χ0) is 9.97. The van der Waals surface area contributed by atoms with Gasteiger partial charge in [0.1, 0.15) is 5.82 Å². The molecule has 0 aliphatic heterocycles. The molecule has 0 unspecified atom stereocenters. The van der Waals surface area contributed by atoms with Gasteiger partial charge in [-0.25, -0.2) is 4.98 Å². The molecule has 1 fully saturated rings. The third kappa shape index (κ3) is 2.01. The molecule has 1 saturated carbocycles. The highest BCUT2D eigenvalue weighted by Crippen LogP contribution is 2.20. The first-order valence-corrected chi connectivity index (χ1v) is 5.06. The standard InChI is InChI=1S/C10H16N4/c1-7-5-13-10(6-12-7)14-9-4-2-3-8(9)11/h5-6,8-9H,2-4,11H2,1H3,(H,13,14)/t8-,9-/m0/s1. The molecule has 76 valence electrons. The van der Waals surface area contributed by atoms with Crippen LogP contribution in [0, 0.1) is 6.92 Å². The Balaban J connectivity index is 2.00. The van der Waals surface area contributed by atoms with Gasteiger partial charge in [-0.1, -0.05) is 0 Å². The van der Waals surface area contributed by atoms with Crippen LogP contribution in [0.2, 0.25) is 0 Å². The van der Waals surface area contributed by atoms with E-state index in [9.17, 15) is 0 Å². The average Bonchev–Trinajstić information content (AvgIpc) is 2.56. The highest BCUT2D eigenvalue weighted by molar-refractivity contribution is 5.33. The Hall–Kier alpha value is -1.16. The largest absolute Gasteiger partial charge is 0.365 e. The first kappa shape index (κ1) is 9.40. The summed E-state index contributed by atoms with van der Waals surface area (Å²) in [6.07, 6.45) is 6.98. The van der Waals surface area contributed by atoms with Gasteiger partial charge >= 0.3 is 0 Å². The molecule has 1 aliphatic carbocycles. The fourth-order valence-corrected chi connectivity index (χ4v) is 1.83. The Morgan fingerprint density at radius 2 is 2.21 bits per heavy atom. The van der Waals surface area contributed by atoms with Crippen molar-refractivity contribution in [3.05, 3.63) is 18.1 Å². The topological polar surface area (TPSA) is 63.8 Å². The van der Waals surface area contributed by atoms with Crippen LogP contribution in [0.1, 0.15) is 25.0 Å². The summed E-state index contributed by atoms with van der Waals surface area (Å²) in [4.78, 5) is 8.43. The van der Waals surface area contributed by atoms with E-state index in [0.29, 0.717) is 6.04 Å². The summed E-state index contributed by atoms with van der Waals surface area (Å²) in [6, 6.07) is 0.630. The van der Waals surface area contributed by atoms with Crippen LogP contribution in [0.4, 0.5) is 5.82 Å². The van der Waals surface area contributed by atoms with Gasteiger partial charge in [-0.3, -0.25) is 4.98 Å². The lowest BCUT2D eigenvalue weighted by molar-refractivity contribution is 0.635. The molecule has 2 rings (SSSR count). The van der Waals surface area contributed by atoms with Gasteiger partial charge in [0.25, 0.3) is 0 Å². The Kier molecular flexibility index (Phi) is 2.63. The summed E-state index contributed by atoms with van der Waals surface area (Å²) in [5.41, 5.74) is 6.88. The lowest BCUT2D eigenvalue weighted by atomic mass is 10.2. The lowest BCUT2D eigenvalue weighted by Gasteiger charge is -2.17. The fourth-order valence-electron chi connectivity index (χ4n) is 1.83. The van der Waals surface area contributed by atoms with Crippen LogP contribution in [0.15, 0.2) is 12.4 Å². The third-order valence-corrected chi connectivity index (χ3v) is 2.68. The zero-order valence-corrected chi connectivity index (χ0v) is 8.40. The maximum Gasteiger partial charge on any atom is 0.144 e. The molecule has 1 aliphatic rings. The number of hydrogen-bond donors (Lipinski definition) is 2. The molecular formula is C10H16N4. The Bertz CT molecular complexity index is 295. The van der Waals surface area contributed by atoms with E-state index in [1.54, 1.807) is 12.4 Å². The summed E-state index contributed by atoms with van der Waals surface area (Å²) in [5, 5.41) is 3.32. The van der Waals surface area contributed by atoms with Crippen molar-refractivity contribution in [1.29, 1.82) is 0 Å². The van der Waals surface area contributed by atoms with Crippen molar-refractivity contribution >= 4 is 5.82 Å². The number of hydrogen-bond acceptors (Lipinski definition) is 4. The second kappa shape index (κ2) is 3.92. The predicted molar refractivity (Wildman–Crippen MR) is 56.0 cm³/mol. The summed E-state index contributed by atoms with van der Waals surface area (Å²) >= 11 is 0. The third-order valence-electron chi connectivity index (χ3n) is 2.68. The molecule has 14 heavy (non-hydrogen) atoms. The van der Waals surface area contributed by atoms with E-state index in [0.717, 1.165) is 24.4 Å². The molecular weight excluding hydrogens is 176 g/mol. The average molecular weight is 192 g/mol. The summed E-state index contributed by atoms with van der Waals surface area (Å²) in [7, 11) is 0. The molecule has 2 atom stereocenters. The van der Waals surface area contributed by atoms with Crippen LogP contribution in [-0.2, 0) is 0 Å². The molecule has 0 aromatic carbocycles. The van der Waals surface area contributed by atoms with Crippen molar-refractivity contribution in [3.8, 4) is 0 Å². The van der Waals surface area contributed by atoms with Gasteiger partial charge < -0.3 is 11.1 Å². The molecule has 0 spiro atoms. The van der Waals surface area contributed by atoms with Crippen molar-refractivity contribution in [2.75, 3.05) is 5.32 Å². The smallest absolute Gasteiger partial charge is 0.144 e. The monoisotopic (exact) mass is 192 g/mol. The van der Waals surface area contributed by atoms with E-state index >= 15 is 0 Å². The quantitative estimate of drug-likeness (QED) is 0.736. The molecule has 0 bridgehead atoms. The summed E-state index contributed by atoms with van der Waals surface area (Å²) < 4.78 is 0. The van der Waals surface area contributed by atoms with E-state index in [2.05, 4.69) is 15.3 Å². The van der Waals surface area contributed by atoms with Gasteiger partial charge in [-0.05, 0) is 26.2 Å². The molecule has 4 heteroatoms. The SMILES string of the molecule is Cc1cnc(N[C@H]2CCC[C@@H]2N)cn1. The lowest BCUT2D eigenvalue weighted by Crippen LogP contribution is -2.35. The first-order chi connectivity index (χ1) is 6.75. The van der Waals surface area contributed by atoms with Crippen LogP contribution in [0.5, 0.6) is 0 Å². The van der Waals surface area contributed by atoms with Crippen LogP contribution in [0.3, 0.4) is 0 Å². The number of rotatable bonds is 2. The van der Waals surface area contributed by atoms with Crippen LogP contribution >= 0.6 is 0 Å². The number of aryl methyl sites for hydroxylation is 1.